The third-order valence-corrected chi connectivity index (χ3v) is 2.34. The van der Waals surface area contributed by atoms with Crippen LogP contribution in [-0.4, -0.2) is 15.1 Å². The summed E-state index contributed by atoms with van der Waals surface area (Å²) in [6.07, 6.45) is 2.85. The van der Waals surface area contributed by atoms with Crippen LogP contribution in [0, 0.1) is 0 Å². The van der Waals surface area contributed by atoms with Crippen molar-refractivity contribution in [1.82, 2.24) is 9.97 Å². The summed E-state index contributed by atoms with van der Waals surface area (Å²) in [5.74, 6) is 0.786. The molecule has 2 aromatic rings. The number of rotatable bonds is 3. The number of aliphatic hydroxyl groups is 1. The minimum atomic E-state index is -0.156. The molecule has 0 saturated carbocycles. The predicted octanol–water partition coefficient (Wildman–Crippen LogP) is 3.07. The minimum Gasteiger partial charge on any atom is -0.437 e. The molecule has 1 N–H and O–H groups in total. The predicted molar refractivity (Wildman–Crippen MR) is 64.5 cm³/mol. The molecule has 0 aliphatic carbocycles. The number of halogens is 2. The average Bonchev–Trinajstić information content (AvgIpc) is 2.28. The van der Waals surface area contributed by atoms with E-state index in [9.17, 15) is 0 Å². The van der Waals surface area contributed by atoms with Crippen LogP contribution in [0.25, 0.3) is 0 Å². The normalized spacial score (nSPS) is 10.3. The topological polar surface area (TPSA) is 55.2 Å². The molecule has 2 rings (SSSR count). The van der Waals surface area contributed by atoms with Gasteiger partial charge in [-0.1, -0.05) is 23.2 Å². The zero-order chi connectivity index (χ0) is 12.3. The van der Waals surface area contributed by atoms with E-state index in [1.807, 2.05) is 0 Å². The van der Waals surface area contributed by atoms with Crippen molar-refractivity contribution in [3.63, 3.8) is 0 Å². The van der Waals surface area contributed by atoms with Gasteiger partial charge in [0.25, 0.3) is 0 Å². The smallest absolute Gasteiger partial charge is 0.237 e. The molecule has 0 aliphatic rings. The van der Waals surface area contributed by atoms with Crippen LogP contribution in [0.15, 0.2) is 30.6 Å². The van der Waals surface area contributed by atoms with Gasteiger partial charge >= 0.3 is 0 Å². The lowest BCUT2D eigenvalue weighted by molar-refractivity contribution is 0.276. The van der Waals surface area contributed by atoms with Gasteiger partial charge in [0.1, 0.15) is 5.75 Å². The molecule has 0 bridgehead atoms. The van der Waals surface area contributed by atoms with Crippen LogP contribution < -0.4 is 4.74 Å². The number of hydrogen-bond acceptors (Lipinski definition) is 4. The van der Waals surface area contributed by atoms with Crippen molar-refractivity contribution >= 4 is 23.2 Å². The van der Waals surface area contributed by atoms with Crippen LogP contribution in [0.1, 0.15) is 5.69 Å². The Morgan fingerprint density at radius 2 is 1.76 bits per heavy atom. The van der Waals surface area contributed by atoms with Gasteiger partial charge < -0.3 is 9.84 Å². The van der Waals surface area contributed by atoms with Gasteiger partial charge in [0.05, 0.1) is 24.7 Å². The Kier molecular flexibility index (Phi) is 3.78. The summed E-state index contributed by atoms with van der Waals surface area (Å²) >= 11 is 11.7. The van der Waals surface area contributed by atoms with Gasteiger partial charge in [-0.2, -0.15) is 0 Å². The van der Waals surface area contributed by atoms with Crippen molar-refractivity contribution < 1.29 is 9.84 Å². The molecule has 0 radical (unpaired) electrons. The largest absolute Gasteiger partial charge is 0.437 e. The first-order chi connectivity index (χ1) is 8.17. The molecule has 17 heavy (non-hydrogen) atoms. The van der Waals surface area contributed by atoms with Gasteiger partial charge in [0.15, 0.2) is 0 Å². The molecule has 0 fully saturated rings. The standard InChI is InChI=1S/C11H8Cl2N2O2/c12-7-1-8(13)3-10(2-7)17-11-5-14-9(6-16)4-15-11/h1-5,16H,6H2. The molecule has 0 spiro atoms. The van der Waals surface area contributed by atoms with E-state index >= 15 is 0 Å². The maximum atomic E-state index is 8.81. The average molecular weight is 271 g/mol. The second-order valence-corrected chi connectivity index (χ2v) is 4.08. The van der Waals surface area contributed by atoms with Gasteiger partial charge in [-0.15, -0.1) is 0 Å². The zero-order valence-corrected chi connectivity index (χ0v) is 10.1. The Morgan fingerprint density at radius 1 is 1.06 bits per heavy atom. The fourth-order valence-electron chi connectivity index (χ4n) is 1.19. The molecule has 88 valence electrons. The molecule has 4 nitrogen and oxygen atoms in total. The lowest BCUT2D eigenvalue weighted by atomic mass is 10.3. The minimum absolute atomic E-state index is 0.156. The maximum absolute atomic E-state index is 8.81. The second kappa shape index (κ2) is 5.31. The summed E-state index contributed by atoms with van der Waals surface area (Å²) in [7, 11) is 0. The Hall–Kier alpha value is -1.36. The van der Waals surface area contributed by atoms with Crippen LogP contribution in [0.2, 0.25) is 10.0 Å². The Labute approximate surface area is 108 Å². The molecule has 0 amide bonds. The fraction of sp³-hybridized carbons (Fsp3) is 0.0909. The Balaban J connectivity index is 2.19. The highest BCUT2D eigenvalue weighted by Crippen LogP contribution is 2.27. The third kappa shape index (κ3) is 3.30. The maximum Gasteiger partial charge on any atom is 0.237 e. The van der Waals surface area contributed by atoms with Crippen LogP contribution in [-0.2, 0) is 6.61 Å². The first kappa shape index (κ1) is 12.1. The van der Waals surface area contributed by atoms with Crippen LogP contribution in [0.5, 0.6) is 11.6 Å². The number of benzene rings is 1. The number of nitrogens with zero attached hydrogens (tertiary/aromatic N) is 2. The van der Waals surface area contributed by atoms with Gasteiger partial charge in [0.2, 0.25) is 5.88 Å². The highest BCUT2D eigenvalue weighted by Gasteiger charge is 2.03. The van der Waals surface area contributed by atoms with E-state index in [-0.39, 0.29) is 6.61 Å². The summed E-state index contributed by atoms with van der Waals surface area (Å²) in [5.41, 5.74) is 0.474. The van der Waals surface area contributed by atoms with Crippen LogP contribution in [0.4, 0.5) is 0 Å². The van der Waals surface area contributed by atoms with E-state index in [4.69, 9.17) is 33.0 Å². The summed E-state index contributed by atoms with van der Waals surface area (Å²) in [6.45, 7) is -0.156. The van der Waals surface area contributed by atoms with E-state index in [0.717, 1.165) is 0 Å². The molecular formula is C11H8Cl2N2O2. The monoisotopic (exact) mass is 270 g/mol. The van der Waals surface area contributed by atoms with Crippen molar-refractivity contribution in [3.8, 4) is 11.6 Å². The fourth-order valence-corrected chi connectivity index (χ4v) is 1.69. The van der Waals surface area contributed by atoms with E-state index in [0.29, 0.717) is 27.4 Å². The number of hydrogen-bond donors (Lipinski definition) is 1. The van der Waals surface area contributed by atoms with E-state index in [1.165, 1.54) is 12.4 Å². The van der Waals surface area contributed by atoms with Gasteiger partial charge in [-0.25, -0.2) is 4.98 Å². The quantitative estimate of drug-likeness (QED) is 0.932. The highest BCUT2D eigenvalue weighted by atomic mass is 35.5. The molecular weight excluding hydrogens is 263 g/mol. The van der Waals surface area contributed by atoms with Crippen LogP contribution >= 0.6 is 23.2 Å². The summed E-state index contributed by atoms with van der Waals surface area (Å²) in [6, 6.07) is 4.85. The SMILES string of the molecule is OCc1cnc(Oc2cc(Cl)cc(Cl)c2)cn1. The lowest BCUT2D eigenvalue weighted by Crippen LogP contribution is -1.93. The van der Waals surface area contributed by atoms with Crippen molar-refractivity contribution in [2.45, 2.75) is 6.61 Å². The lowest BCUT2D eigenvalue weighted by Gasteiger charge is -2.05. The molecule has 6 heteroatoms. The van der Waals surface area contributed by atoms with E-state index in [2.05, 4.69) is 9.97 Å². The van der Waals surface area contributed by atoms with Gasteiger partial charge in [-0.3, -0.25) is 4.98 Å². The third-order valence-electron chi connectivity index (χ3n) is 1.90. The number of ether oxygens (including phenoxy) is 1. The van der Waals surface area contributed by atoms with Crippen molar-refractivity contribution in [1.29, 1.82) is 0 Å². The highest BCUT2D eigenvalue weighted by molar-refractivity contribution is 6.34. The second-order valence-electron chi connectivity index (χ2n) is 3.21. The Morgan fingerprint density at radius 3 is 2.29 bits per heavy atom. The summed E-state index contributed by atoms with van der Waals surface area (Å²) in [4.78, 5) is 7.91. The van der Waals surface area contributed by atoms with Crippen molar-refractivity contribution in [2.24, 2.45) is 0 Å². The number of aliphatic hydroxyl groups excluding tert-OH is 1. The van der Waals surface area contributed by atoms with E-state index < -0.39 is 0 Å². The molecule has 1 heterocycles. The molecule has 0 saturated heterocycles. The first-order valence-corrected chi connectivity index (χ1v) is 5.48. The summed E-state index contributed by atoms with van der Waals surface area (Å²) < 4.78 is 5.42. The van der Waals surface area contributed by atoms with Crippen molar-refractivity contribution in [3.05, 3.63) is 46.3 Å². The molecule has 0 unspecified atom stereocenters. The Bertz CT molecular complexity index is 497. The molecule has 0 atom stereocenters. The zero-order valence-electron chi connectivity index (χ0n) is 8.60. The molecule has 0 aliphatic heterocycles. The molecule has 1 aromatic carbocycles. The number of aromatic nitrogens is 2. The van der Waals surface area contributed by atoms with Gasteiger partial charge in [-0.05, 0) is 18.2 Å². The van der Waals surface area contributed by atoms with E-state index in [1.54, 1.807) is 18.2 Å². The van der Waals surface area contributed by atoms with Gasteiger partial charge in [0, 0.05) is 10.0 Å². The first-order valence-electron chi connectivity index (χ1n) is 4.73. The van der Waals surface area contributed by atoms with Crippen LogP contribution in [0.3, 0.4) is 0 Å². The van der Waals surface area contributed by atoms with Crippen molar-refractivity contribution in [2.75, 3.05) is 0 Å². The molecule has 1 aromatic heterocycles. The summed E-state index contributed by atoms with van der Waals surface area (Å²) in [5, 5.41) is 9.77.